The predicted molar refractivity (Wildman–Crippen MR) is 71.7 cm³/mol. The lowest BCUT2D eigenvalue weighted by molar-refractivity contribution is -0.125. The largest absolute Gasteiger partial charge is 0.385 e. The average Bonchev–Trinajstić information content (AvgIpc) is 2.63. The highest BCUT2D eigenvalue weighted by Gasteiger charge is 2.21. The monoisotopic (exact) mass is 244 g/mol. The van der Waals surface area contributed by atoms with Crippen molar-refractivity contribution in [1.82, 2.24) is 4.98 Å². The van der Waals surface area contributed by atoms with Gasteiger partial charge in [0, 0.05) is 16.2 Å². The second kappa shape index (κ2) is 4.25. The fraction of sp³-hybridized carbons (Fsp3) is 0.308. The van der Waals surface area contributed by atoms with Crippen LogP contribution in [-0.2, 0) is 4.79 Å². The number of benzene rings is 1. The zero-order valence-electron chi connectivity index (χ0n) is 10.7. The van der Waals surface area contributed by atoms with Crippen molar-refractivity contribution in [1.29, 1.82) is 0 Å². The van der Waals surface area contributed by atoms with Crippen molar-refractivity contribution in [2.75, 3.05) is 5.73 Å². The molecule has 0 atom stereocenters. The van der Waals surface area contributed by atoms with Crippen LogP contribution in [0.15, 0.2) is 34.5 Å². The maximum absolute atomic E-state index is 11.7. The van der Waals surface area contributed by atoms with E-state index in [0.717, 1.165) is 10.8 Å². The number of nitrogen functional groups attached to an aromatic ring is 1. The highest BCUT2D eigenvalue weighted by Crippen LogP contribution is 2.30. The van der Waals surface area contributed by atoms with Gasteiger partial charge in [0.15, 0.2) is 5.82 Å². The van der Waals surface area contributed by atoms with Gasteiger partial charge < -0.3 is 10.7 Å². The Morgan fingerprint density at radius 1 is 1.22 bits per heavy atom. The molecule has 1 heterocycles. The Balaban J connectivity index is 2.39. The molecule has 1 aromatic carbocycles. The lowest BCUT2D eigenvalue weighted by Gasteiger charge is -2.10. The predicted octanol–water partition coefficient (Wildman–Crippen LogP) is 3.41. The van der Waals surface area contributed by atoms with E-state index in [1.165, 1.54) is 0 Å². The number of hydrogen-bond donors (Lipinski definition) is 2. The smallest absolute Gasteiger partial charge is 0.270 e. The number of azo groups is 1. The molecule has 0 radical (unpaired) electrons. The van der Waals surface area contributed by atoms with E-state index in [1.807, 2.05) is 24.3 Å². The van der Waals surface area contributed by atoms with E-state index in [-0.39, 0.29) is 5.91 Å². The molecular formula is C13H16N4O. The lowest BCUT2D eigenvalue weighted by atomic mass is 9.96. The lowest BCUT2D eigenvalue weighted by Crippen LogP contribution is -2.16. The van der Waals surface area contributed by atoms with Gasteiger partial charge in [-0.15, -0.1) is 10.2 Å². The Morgan fingerprint density at radius 2 is 1.83 bits per heavy atom. The number of carbonyl (C=O) groups is 1. The number of carbonyl (C=O) groups excluding carboxylic acids is 1. The quantitative estimate of drug-likeness (QED) is 0.753. The van der Waals surface area contributed by atoms with Crippen LogP contribution in [0.5, 0.6) is 0 Å². The molecule has 0 spiro atoms. The number of hydrogen-bond acceptors (Lipinski definition) is 3. The molecule has 0 unspecified atom stereocenters. The molecule has 2 rings (SSSR count). The normalized spacial score (nSPS) is 12.4. The Morgan fingerprint density at radius 3 is 2.44 bits per heavy atom. The SMILES string of the molecule is CC(C)(C)C(=O)N=Nc1[nH]c(N)c2ccccc12. The van der Waals surface area contributed by atoms with Crippen molar-refractivity contribution in [2.45, 2.75) is 20.8 Å². The first-order valence-corrected chi connectivity index (χ1v) is 5.72. The van der Waals surface area contributed by atoms with Crippen LogP contribution in [-0.4, -0.2) is 10.9 Å². The summed E-state index contributed by atoms with van der Waals surface area (Å²) in [5.74, 6) is 0.781. The third-order valence-electron chi connectivity index (χ3n) is 2.61. The summed E-state index contributed by atoms with van der Waals surface area (Å²) in [5.41, 5.74) is 5.30. The average molecular weight is 244 g/mol. The summed E-state index contributed by atoms with van der Waals surface area (Å²) in [6, 6.07) is 7.57. The van der Waals surface area contributed by atoms with Gasteiger partial charge in [-0.05, 0) is 0 Å². The molecule has 0 fully saturated rings. The van der Waals surface area contributed by atoms with Crippen LogP contribution in [0, 0.1) is 5.41 Å². The molecular weight excluding hydrogens is 228 g/mol. The van der Waals surface area contributed by atoms with Crippen LogP contribution in [0.2, 0.25) is 0 Å². The van der Waals surface area contributed by atoms with Crippen molar-refractivity contribution in [3.05, 3.63) is 24.3 Å². The zero-order valence-corrected chi connectivity index (χ0v) is 10.7. The van der Waals surface area contributed by atoms with Crippen LogP contribution in [0.4, 0.5) is 11.6 Å². The minimum atomic E-state index is -0.530. The number of amides is 1. The number of aromatic amines is 1. The summed E-state index contributed by atoms with van der Waals surface area (Å²) in [7, 11) is 0. The number of nitrogens with one attached hydrogen (secondary N) is 1. The summed E-state index contributed by atoms with van der Waals surface area (Å²) in [6.07, 6.45) is 0. The number of anilines is 1. The van der Waals surface area contributed by atoms with Gasteiger partial charge in [0.25, 0.3) is 5.91 Å². The first kappa shape index (κ1) is 12.3. The molecule has 0 bridgehead atoms. The van der Waals surface area contributed by atoms with Crippen molar-refractivity contribution in [3.8, 4) is 0 Å². The summed E-state index contributed by atoms with van der Waals surface area (Å²) >= 11 is 0. The summed E-state index contributed by atoms with van der Waals surface area (Å²) in [6.45, 7) is 5.40. The van der Waals surface area contributed by atoms with E-state index in [1.54, 1.807) is 20.8 Å². The van der Waals surface area contributed by atoms with Crippen LogP contribution in [0.25, 0.3) is 10.8 Å². The number of rotatable bonds is 1. The zero-order chi connectivity index (χ0) is 13.3. The standard InChI is InChI=1S/C13H16N4O/c1-13(2,3)12(18)17-16-11-9-7-5-4-6-8(9)10(14)15-11/h4-7,15H,14H2,1-3H3. The highest BCUT2D eigenvalue weighted by atomic mass is 16.2. The van der Waals surface area contributed by atoms with Gasteiger partial charge in [-0.3, -0.25) is 4.79 Å². The minimum absolute atomic E-state index is 0.264. The second-order valence-electron chi connectivity index (χ2n) is 5.19. The van der Waals surface area contributed by atoms with E-state index in [2.05, 4.69) is 15.2 Å². The Labute approximate surface area is 105 Å². The number of H-pyrrole nitrogens is 1. The van der Waals surface area contributed by atoms with Crippen molar-refractivity contribution in [2.24, 2.45) is 15.6 Å². The molecule has 2 aromatic rings. The minimum Gasteiger partial charge on any atom is -0.385 e. The van der Waals surface area contributed by atoms with Crippen molar-refractivity contribution >= 4 is 28.3 Å². The van der Waals surface area contributed by atoms with Gasteiger partial charge in [-0.25, -0.2) is 0 Å². The highest BCUT2D eigenvalue weighted by molar-refractivity contribution is 5.99. The first-order valence-electron chi connectivity index (χ1n) is 5.72. The molecule has 0 saturated heterocycles. The van der Waals surface area contributed by atoms with E-state index in [0.29, 0.717) is 11.6 Å². The third kappa shape index (κ3) is 2.25. The summed E-state index contributed by atoms with van der Waals surface area (Å²) < 4.78 is 0. The molecule has 1 amide bonds. The van der Waals surface area contributed by atoms with Gasteiger partial charge in [0.2, 0.25) is 0 Å². The number of nitrogens with zero attached hydrogens (tertiary/aromatic N) is 2. The molecule has 0 aliphatic carbocycles. The molecule has 1 aromatic heterocycles. The number of nitrogens with two attached hydrogens (primary N) is 1. The van der Waals surface area contributed by atoms with E-state index in [9.17, 15) is 4.79 Å². The van der Waals surface area contributed by atoms with Gasteiger partial charge in [-0.2, -0.15) is 0 Å². The third-order valence-corrected chi connectivity index (χ3v) is 2.61. The molecule has 3 N–H and O–H groups in total. The first-order chi connectivity index (χ1) is 8.39. The molecule has 94 valence electrons. The van der Waals surface area contributed by atoms with Crippen LogP contribution in [0.3, 0.4) is 0 Å². The number of aromatic nitrogens is 1. The Bertz CT molecular complexity index is 619. The number of fused-ring (bicyclic) bond motifs is 1. The fourth-order valence-electron chi connectivity index (χ4n) is 1.51. The van der Waals surface area contributed by atoms with Gasteiger partial charge in [0.05, 0.1) is 0 Å². The van der Waals surface area contributed by atoms with Crippen molar-refractivity contribution in [3.63, 3.8) is 0 Å². The van der Waals surface area contributed by atoms with Crippen LogP contribution < -0.4 is 5.73 Å². The van der Waals surface area contributed by atoms with E-state index >= 15 is 0 Å². The van der Waals surface area contributed by atoms with Crippen LogP contribution >= 0.6 is 0 Å². The maximum Gasteiger partial charge on any atom is 0.270 e. The van der Waals surface area contributed by atoms with Crippen LogP contribution in [0.1, 0.15) is 20.8 Å². The molecule has 0 saturated carbocycles. The Hall–Kier alpha value is -2.17. The van der Waals surface area contributed by atoms with E-state index < -0.39 is 5.41 Å². The Kier molecular flexibility index (Phi) is 2.90. The van der Waals surface area contributed by atoms with Gasteiger partial charge in [-0.1, -0.05) is 45.0 Å². The van der Waals surface area contributed by atoms with Gasteiger partial charge >= 0.3 is 0 Å². The fourth-order valence-corrected chi connectivity index (χ4v) is 1.51. The van der Waals surface area contributed by atoms with Gasteiger partial charge in [0.1, 0.15) is 5.82 Å². The maximum atomic E-state index is 11.7. The molecule has 5 nitrogen and oxygen atoms in total. The molecule has 18 heavy (non-hydrogen) atoms. The topological polar surface area (TPSA) is 83.6 Å². The second-order valence-corrected chi connectivity index (χ2v) is 5.19. The molecule has 5 heteroatoms. The van der Waals surface area contributed by atoms with Crippen molar-refractivity contribution < 1.29 is 4.79 Å². The summed E-state index contributed by atoms with van der Waals surface area (Å²) in [4.78, 5) is 14.6. The van der Waals surface area contributed by atoms with E-state index in [4.69, 9.17) is 5.73 Å². The molecule has 0 aliphatic rings. The molecule has 0 aliphatic heterocycles. The summed E-state index contributed by atoms with van der Waals surface area (Å²) in [5, 5.41) is 9.44.